The number of para-hydroxylation sites is 1. The van der Waals surface area contributed by atoms with Crippen molar-refractivity contribution in [3.8, 4) is 5.69 Å². The summed E-state index contributed by atoms with van der Waals surface area (Å²) >= 11 is 7.20. The van der Waals surface area contributed by atoms with E-state index >= 15 is 0 Å². The summed E-state index contributed by atoms with van der Waals surface area (Å²) in [5.41, 5.74) is -1.25. The molecule has 1 aromatic carbocycles. The molecule has 0 amide bonds. The van der Waals surface area contributed by atoms with E-state index in [-0.39, 0.29) is 16.3 Å². The summed E-state index contributed by atoms with van der Waals surface area (Å²) in [5.74, 6) is -1.85. The second-order valence-electron chi connectivity index (χ2n) is 4.19. The van der Waals surface area contributed by atoms with Crippen molar-refractivity contribution in [3.63, 3.8) is 0 Å². The largest absolute Gasteiger partial charge is 0.270 e. The molecule has 112 valence electrons. The van der Waals surface area contributed by atoms with Crippen molar-refractivity contribution in [2.45, 2.75) is 5.16 Å². The third kappa shape index (κ3) is 2.34. The van der Waals surface area contributed by atoms with Crippen molar-refractivity contribution in [1.29, 1.82) is 0 Å². The molecule has 0 aliphatic rings. The number of hydrogen-bond donors (Lipinski definition) is 0. The smallest absolute Gasteiger partial charge is 0.268 e. The second-order valence-corrected chi connectivity index (χ2v) is 5.30. The highest BCUT2D eigenvalue weighted by Crippen LogP contribution is 2.21. The number of benzene rings is 1. The maximum Gasteiger partial charge on any atom is 0.270 e. The summed E-state index contributed by atoms with van der Waals surface area (Å²) in [6.45, 7) is 0. The molecule has 0 saturated carbocycles. The van der Waals surface area contributed by atoms with Crippen LogP contribution < -0.4 is 5.56 Å². The highest BCUT2D eigenvalue weighted by atomic mass is 35.5. The van der Waals surface area contributed by atoms with Gasteiger partial charge >= 0.3 is 0 Å². The first-order valence-electron chi connectivity index (χ1n) is 5.96. The zero-order valence-electron chi connectivity index (χ0n) is 11.0. The third-order valence-corrected chi connectivity index (χ3v) is 3.72. The lowest BCUT2D eigenvalue weighted by molar-refractivity contribution is 0.566. The fraction of sp³-hybridized carbons (Fsp3) is 0.0769. The molecule has 9 heteroatoms. The van der Waals surface area contributed by atoms with Gasteiger partial charge in [0.25, 0.3) is 5.56 Å². The van der Waals surface area contributed by atoms with Crippen LogP contribution in [0.2, 0.25) is 5.28 Å². The number of halogens is 3. The normalized spacial score (nSPS) is 11.1. The van der Waals surface area contributed by atoms with Gasteiger partial charge in [0.05, 0.1) is 0 Å². The molecule has 3 rings (SSSR count). The van der Waals surface area contributed by atoms with Crippen LogP contribution >= 0.6 is 23.4 Å². The standard InChI is InChI=1S/C13H7ClF2N4OS/c1-22-13-17-5-6-10(19-13)18-12(14)20(11(6)21)9-7(15)3-2-4-8(9)16/h2-5H,1H3. The molecule has 5 nitrogen and oxygen atoms in total. The Morgan fingerprint density at radius 2 is 1.91 bits per heavy atom. The van der Waals surface area contributed by atoms with Crippen molar-refractivity contribution in [1.82, 2.24) is 19.5 Å². The fourth-order valence-electron chi connectivity index (χ4n) is 1.93. The van der Waals surface area contributed by atoms with Gasteiger partial charge in [-0.05, 0) is 30.0 Å². The summed E-state index contributed by atoms with van der Waals surface area (Å²) in [6.07, 6.45) is 3.02. The Balaban J connectivity index is 2.39. The van der Waals surface area contributed by atoms with Crippen LogP contribution in [0.3, 0.4) is 0 Å². The molecule has 2 aromatic heterocycles. The van der Waals surface area contributed by atoms with Gasteiger partial charge in [0.2, 0.25) is 5.28 Å². The number of aromatic nitrogens is 4. The van der Waals surface area contributed by atoms with E-state index in [4.69, 9.17) is 11.6 Å². The highest BCUT2D eigenvalue weighted by molar-refractivity contribution is 7.98. The molecule has 0 bridgehead atoms. The molecule has 0 N–H and O–H groups in total. The average molecular weight is 341 g/mol. The van der Waals surface area contributed by atoms with E-state index in [2.05, 4.69) is 15.0 Å². The predicted molar refractivity (Wildman–Crippen MR) is 79.6 cm³/mol. The Kier molecular flexibility index (Phi) is 3.79. The molecular formula is C13H7ClF2N4OS. The van der Waals surface area contributed by atoms with Crippen LogP contribution in [-0.4, -0.2) is 25.8 Å². The molecule has 3 aromatic rings. The van der Waals surface area contributed by atoms with Gasteiger partial charge in [-0.1, -0.05) is 17.8 Å². The van der Waals surface area contributed by atoms with Gasteiger partial charge in [-0.2, -0.15) is 4.98 Å². The summed E-state index contributed by atoms with van der Waals surface area (Å²) in [4.78, 5) is 24.4. The first-order valence-corrected chi connectivity index (χ1v) is 7.57. The van der Waals surface area contributed by atoms with Gasteiger partial charge in [-0.25, -0.2) is 23.3 Å². The Bertz CT molecular complexity index is 927. The minimum Gasteiger partial charge on any atom is -0.268 e. The van der Waals surface area contributed by atoms with Crippen molar-refractivity contribution < 1.29 is 8.78 Å². The monoisotopic (exact) mass is 340 g/mol. The maximum atomic E-state index is 13.9. The fourth-order valence-corrected chi connectivity index (χ4v) is 2.51. The van der Waals surface area contributed by atoms with Gasteiger partial charge in [-0.3, -0.25) is 4.79 Å². The summed E-state index contributed by atoms with van der Waals surface area (Å²) in [7, 11) is 0. The minimum absolute atomic E-state index is 0.0184. The van der Waals surface area contributed by atoms with Crippen LogP contribution in [0, 0.1) is 11.6 Å². The zero-order chi connectivity index (χ0) is 15.9. The molecule has 0 saturated heterocycles. The molecule has 0 spiro atoms. The van der Waals surface area contributed by atoms with E-state index in [1.165, 1.54) is 24.0 Å². The quantitative estimate of drug-likeness (QED) is 0.530. The molecule has 2 heterocycles. The SMILES string of the molecule is CSc1ncc2c(=O)n(-c3c(F)cccc3F)c(Cl)nc2n1. The molecule has 0 fully saturated rings. The van der Waals surface area contributed by atoms with Gasteiger partial charge in [-0.15, -0.1) is 0 Å². The lowest BCUT2D eigenvalue weighted by Gasteiger charge is -2.10. The third-order valence-electron chi connectivity index (χ3n) is 2.91. The highest BCUT2D eigenvalue weighted by Gasteiger charge is 2.19. The number of hydrogen-bond acceptors (Lipinski definition) is 5. The van der Waals surface area contributed by atoms with Crippen LogP contribution in [-0.2, 0) is 0 Å². The number of thioether (sulfide) groups is 1. The topological polar surface area (TPSA) is 60.7 Å². The average Bonchev–Trinajstić information content (AvgIpc) is 2.49. The maximum absolute atomic E-state index is 13.9. The van der Waals surface area contributed by atoms with Gasteiger partial charge in [0.1, 0.15) is 22.7 Å². The molecule has 22 heavy (non-hydrogen) atoms. The lowest BCUT2D eigenvalue weighted by Crippen LogP contribution is -2.23. The molecule has 0 aliphatic heterocycles. The van der Waals surface area contributed by atoms with Crippen LogP contribution in [0.25, 0.3) is 16.7 Å². The van der Waals surface area contributed by atoms with E-state index in [0.717, 1.165) is 12.1 Å². The summed E-state index contributed by atoms with van der Waals surface area (Å²) < 4.78 is 28.5. The van der Waals surface area contributed by atoms with E-state index in [0.29, 0.717) is 9.72 Å². The molecule has 0 radical (unpaired) electrons. The van der Waals surface area contributed by atoms with Crippen molar-refractivity contribution in [2.24, 2.45) is 0 Å². The lowest BCUT2D eigenvalue weighted by atomic mass is 10.2. The summed E-state index contributed by atoms with van der Waals surface area (Å²) in [6, 6.07) is 3.24. The van der Waals surface area contributed by atoms with Gasteiger partial charge in [0, 0.05) is 6.20 Å². The molecule has 0 atom stereocenters. The summed E-state index contributed by atoms with van der Waals surface area (Å²) in [5, 5.41) is 0.0439. The minimum atomic E-state index is -0.924. The Hall–Kier alpha value is -2.06. The van der Waals surface area contributed by atoms with E-state index in [1.807, 2.05) is 0 Å². The molecule has 0 aliphatic carbocycles. The Morgan fingerprint density at radius 1 is 1.23 bits per heavy atom. The predicted octanol–water partition coefficient (Wildman–Crippen LogP) is 2.83. The van der Waals surface area contributed by atoms with E-state index in [1.54, 1.807) is 6.26 Å². The molecular weight excluding hydrogens is 334 g/mol. The first-order chi connectivity index (χ1) is 10.5. The van der Waals surface area contributed by atoms with E-state index in [9.17, 15) is 13.6 Å². The van der Waals surface area contributed by atoms with Crippen LogP contribution in [0.4, 0.5) is 8.78 Å². The molecule has 0 unspecified atom stereocenters. The number of rotatable bonds is 2. The van der Waals surface area contributed by atoms with Crippen molar-refractivity contribution in [2.75, 3.05) is 6.26 Å². The van der Waals surface area contributed by atoms with Crippen LogP contribution in [0.15, 0.2) is 34.3 Å². The number of fused-ring (bicyclic) bond motifs is 1. The van der Waals surface area contributed by atoms with Crippen molar-refractivity contribution in [3.05, 3.63) is 51.7 Å². The zero-order valence-corrected chi connectivity index (χ0v) is 12.6. The Labute approximate surface area is 132 Å². The number of nitrogens with zero attached hydrogens (tertiary/aromatic N) is 4. The van der Waals surface area contributed by atoms with E-state index < -0.39 is 22.9 Å². The van der Waals surface area contributed by atoms with Gasteiger partial charge in [0.15, 0.2) is 10.8 Å². The van der Waals surface area contributed by atoms with Crippen molar-refractivity contribution >= 4 is 34.4 Å². The van der Waals surface area contributed by atoms with Crippen LogP contribution in [0.1, 0.15) is 0 Å². The first kappa shape index (κ1) is 14.9. The Morgan fingerprint density at radius 3 is 2.55 bits per heavy atom. The second kappa shape index (κ2) is 5.62. The van der Waals surface area contributed by atoms with Crippen LogP contribution in [0.5, 0.6) is 0 Å². The van der Waals surface area contributed by atoms with Gasteiger partial charge < -0.3 is 0 Å².